The van der Waals surface area contributed by atoms with Gasteiger partial charge in [-0.2, -0.15) is 0 Å². The van der Waals surface area contributed by atoms with Crippen molar-refractivity contribution in [2.24, 2.45) is 5.73 Å². The van der Waals surface area contributed by atoms with Gasteiger partial charge in [0.2, 0.25) is 0 Å². The number of halogens is 3. The maximum atomic E-state index is 12.2. The molecule has 27 heavy (non-hydrogen) atoms. The number of hydrogen-bond acceptors (Lipinski definition) is 5. The van der Waals surface area contributed by atoms with Gasteiger partial charge in [0.25, 0.3) is 5.91 Å². The molecule has 0 saturated carbocycles. The van der Waals surface area contributed by atoms with Crippen LogP contribution in [0, 0.1) is 0 Å². The normalized spacial score (nSPS) is 12.4. The first-order chi connectivity index (χ1) is 12.3. The Morgan fingerprint density at radius 2 is 1.85 bits per heavy atom. The molecule has 2 aromatic rings. The van der Waals surface area contributed by atoms with Crippen molar-refractivity contribution < 1.29 is 22.7 Å². The number of ether oxygens (including phenoxy) is 1. The second kappa shape index (κ2) is 9.31. The van der Waals surface area contributed by atoms with Crippen LogP contribution in [0.5, 0.6) is 5.75 Å². The fourth-order valence-electron chi connectivity index (χ4n) is 1.76. The van der Waals surface area contributed by atoms with E-state index in [2.05, 4.69) is 20.0 Å². The van der Waals surface area contributed by atoms with Crippen LogP contribution < -0.4 is 15.8 Å². The second-order valence-corrected chi connectivity index (χ2v) is 6.78. The number of aromatic nitrogens is 2. The molecule has 0 aliphatic carbocycles. The van der Waals surface area contributed by atoms with Gasteiger partial charge in [-0.3, -0.25) is 4.79 Å². The Morgan fingerprint density at radius 3 is 2.37 bits per heavy atom. The summed E-state index contributed by atoms with van der Waals surface area (Å²) in [4.78, 5) is 19.4. The van der Waals surface area contributed by atoms with Crippen LogP contribution in [0.4, 0.5) is 13.2 Å². The third-order valence-electron chi connectivity index (χ3n) is 2.75. The van der Waals surface area contributed by atoms with Gasteiger partial charge in [0.15, 0.2) is 0 Å². The van der Waals surface area contributed by atoms with Crippen molar-refractivity contribution in [1.29, 1.82) is 0 Å². The predicted octanol–water partition coefficient (Wildman–Crippen LogP) is 3.61. The molecule has 1 atom stereocenters. The summed E-state index contributed by atoms with van der Waals surface area (Å²) in [5.41, 5.74) is 6.00. The molecular weight excluding hydrogens is 361 g/mol. The number of nitrogens with two attached hydrogens (primary N) is 1. The third kappa shape index (κ3) is 10.1. The van der Waals surface area contributed by atoms with Crippen LogP contribution in [0.15, 0.2) is 42.9 Å². The Morgan fingerprint density at radius 1 is 1.22 bits per heavy atom. The molecule has 0 radical (unpaired) electrons. The van der Waals surface area contributed by atoms with E-state index in [1.165, 1.54) is 36.8 Å². The first kappa shape index (κ1) is 22.4. The maximum absolute atomic E-state index is 12.2. The molecule has 1 amide bonds. The van der Waals surface area contributed by atoms with E-state index in [0.29, 0.717) is 5.56 Å². The lowest BCUT2D eigenvalue weighted by Crippen LogP contribution is -2.27. The van der Waals surface area contributed by atoms with Crippen LogP contribution in [0.3, 0.4) is 0 Å². The summed E-state index contributed by atoms with van der Waals surface area (Å²) in [6, 6.07) is 6.34. The summed E-state index contributed by atoms with van der Waals surface area (Å²) in [6.07, 6.45) is -2.10. The van der Waals surface area contributed by atoms with E-state index >= 15 is 0 Å². The number of carbonyl (C=O) groups excluding carboxylic acids is 1. The first-order valence-electron chi connectivity index (χ1n) is 8.06. The highest BCUT2D eigenvalue weighted by Gasteiger charge is 2.31. The van der Waals surface area contributed by atoms with Gasteiger partial charge in [-0.15, -0.1) is 13.2 Å². The van der Waals surface area contributed by atoms with Crippen molar-refractivity contribution >= 4 is 5.91 Å². The lowest BCUT2D eigenvalue weighted by molar-refractivity contribution is -0.274. The topological polar surface area (TPSA) is 90.1 Å². The molecule has 3 N–H and O–H groups in total. The van der Waals surface area contributed by atoms with Gasteiger partial charge in [0, 0.05) is 11.7 Å². The number of nitrogens with one attached hydrogen (secondary N) is 1. The minimum Gasteiger partial charge on any atom is -0.406 e. The van der Waals surface area contributed by atoms with Gasteiger partial charge in [-0.05, 0) is 51.5 Å². The van der Waals surface area contributed by atoms with Crippen molar-refractivity contribution in [2.45, 2.75) is 45.6 Å². The molecule has 1 heterocycles. The zero-order chi connectivity index (χ0) is 20.7. The van der Waals surface area contributed by atoms with E-state index in [1.54, 1.807) is 13.0 Å². The molecule has 2 rings (SSSR count). The molecule has 1 aromatic carbocycles. The van der Waals surface area contributed by atoms with E-state index < -0.39 is 18.3 Å². The largest absolute Gasteiger partial charge is 0.573 e. The number of rotatable bonds is 4. The summed E-state index contributed by atoms with van der Waals surface area (Å²) in [5.74, 6) is -0.787. The lowest BCUT2D eigenvalue weighted by atomic mass is 10.1. The maximum Gasteiger partial charge on any atom is 0.573 e. The molecule has 0 aliphatic heterocycles. The molecule has 148 valence electrons. The smallest absolute Gasteiger partial charge is 0.406 e. The highest BCUT2D eigenvalue weighted by Crippen LogP contribution is 2.25. The molecule has 0 aliphatic rings. The predicted molar refractivity (Wildman–Crippen MR) is 95.0 cm³/mol. The molecule has 9 heteroatoms. The molecule has 0 spiro atoms. The Labute approximate surface area is 156 Å². The monoisotopic (exact) mass is 384 g/mol. The zero-order valence-corrected chi connectivity index (χ0v) is 15.5. The number of hydrogen-bond donors (Lipinski definition) is 2. The number of alkyl halides is 3. The summed E-state index contributed by atoms with van der Waals surface area (Å²) >= 11 is 0. The highest BCUT2D eigenvalue weighted by atomic mass is 19.4. The average Bonchev–Trinajstić information content (AvgIpc) is 2.52. The lowest BCUT2D eigenvalue weighted by Gasteiger charge is -2.16. The van der Waals surface area contributed by atoms with Crippen molar-refractivity contribution in [2.75, 3.05) is 0 Å². The molecule has 6 nitrogen and oxygen atoms in total. The SMILES string of the molecule is CC(C)(C)N.CC(NC(=O)c1ccncn1)c1cccc(OC(F)(F)F)c1. The van der Waals surface area contributed by atoms with Gasteiger partial charge in [0.1, 0.15) is 17.8 Å². The zero-order valence-electron chi connectivity index (χ0n) is 15.5. The Hall–Kier alpha value is -2.68. The van der Waals surface area contributed by atoms with Crippen molar-refractivity contribution in [3.63, 3.8) is 0 Å². The quantitative estimate of drug-likeness (QED) is 0.840. The molecule has 0 saturated heterocycles. The van der Waals surface area contributed by atoms with E-state index in [1.807, 2.05) is 20.8 Å². The number of amides is 1. The summed E-state index contributed by atoms with van der Waals surface area (Å²) in [5, 5.41) is 2.64. The fourth-order valence-corrected chi connectivity index (χ4v) is 1.76. The van der Waals surface area contributed by atoms with Crippen LogP contribution in [0.2, 0.25) is 0 Å². The van der Waals surface area contributed by atoms with Crippen molar-refractivity contribution in [3.05, 3.63) is 54.1 Å². The van der Waals surface area contributed by atoms with Crippen LogP contribution >= 0.6 is 0 Å². The van der Waals surface area contributed by atoms with E-state index in [0.717, 1.165) is 0 Å². The second-order valence-electron chi connectivity index (χ2n) is 6.78. The Balaban J connectivity index is 0.000000646. The van der Waals surface area contributed by atoms with Gasteiger partial charge < -0.3 is 15.8 Å². The Bertz CT molecular complexity index is 725. The average molecular weight is 384 g/mol. The number of benzene rings is 1. The van der Waals surface area contributed by atoms with Crippen molar-refractivity contribution in [3.8, 4) is 5.75 Å². The first-order valence-corrected chi connectivity index (χ1v) is 8.06. The molecule has 1 unspecified atom stereocenters. The van der Waals surface area contributed by atoms with E-state index in [4.69, 9.17) is 5.73 Å². The Kier molecular flexibility index (Phi) is 7.71. The number of nitrogens with zero attached hydrogens (tertiary/aromatic N) is 2. The van der Waals surface area contributed by atoms with Gasteiger partial charge >= 0.3 is 6.36 Å². The van der Waals surface area contributed by atoms with Crippen molar-refractivity contribution in [1.82, 2.24) is 15.3 Å². The summed E-state index contributed by atoms with van der Waals surface area (Å²) in [7, 11) is 0. The van der Waals surface area contributed by atoms with Crippen LogP contribution in [-0.4, -0.2) is 27.8 Å². The number of carbonyl (C=O) groups is 1. The summed E-state index contributed by atoms with van der Waals surface area (Å²) < 4.78 is 40.4. The summed E-state index contributed by atoms with van der Waals surface area (Å²) in [6.45, 7) is 7.54. The van der Waals surface area contributed by atoms with Crippen LogP contribution in [0.25, 0.3) is 0 Å². The van der Waals surface area contributed by atoms with Crippen LogP contribution in [-0.2, 0) is 0 Å². The molecule has 1 aromatic heterocycles. The van der Waals surface area contributed by atoms with Gasteiger partial charge in [-0.25, -0.2) is 9.97 Å². The van der Waals surface area contributed by atoms with E-state index in [9.17, 15) is 18.0 Å². The molecule has 0 bridgehead atoms. The fraction of sp³-hybridized carbons (Fsp3) is 0.389. The van der Waals surface area contributed by atoms with Gasteiger partial charge in [0.05, 0.1) is 6.04 Å². The standard InChI is InChI=1S/C14H12F3N3O2.C4H11N/c1-9(20-13(21)12-5-6-18-8-19-12)10-3-2-4-11(7-10)22-14(15,16)17;1-4(2,3)5/h2-9H,1H3,(H,20,21);5H2,1-3H3. The third-order valence-corrected chi connectivity index (χ3v) is 2.75. The van der Waals surface area contributed by atoms with Gasteiger partial charge in [-0.1, -0.05) is 12.1 Å². The van der Waals surface area contributed by atoms with E-state index in [-0.39, 0.29) is 17.0 Å². The highest BCUT2D eigenvalue weighted by molar-refractivity contribution is 5.92. The molecular formula is C18H23F3N4O2. The minimum absolute atomic E-state index is 0. The molecule has 0 fully saturated rings. The minimum atomic E-state index is -4.76. The van der Waals surface area contributed by atoms with Crippen LogP contribution in [0.1, 0.15) is 49.8 Å².